The molecule has 0 aliphatic rings. The Bertz CT molecular complexity index is 951. The Hall–Kier alpha value is -3.15. The highest BCUT2D eigenvalue weighted by Crippen LogP contribution is 2.15. The number of methoxy groups -OCH3 is 1. The maximum atomic E-state index is 12.4. The van der Waals surface area contributed by atoms with Gasteiger partial charge in [-0.2, -0.15) is 0 Å². The Labute approximate surface area is 178 Å². The molecule has 0 spiro atoms. The average molecular weight is 404 g/mol. The smallest absolute Gasteiger partial charge is 0.255 e. The van der Waals surface area contributed by atoms with Gasteiger partial charge in [-0.15, -0.1) is 0 Å². The molecule has 0 fully saturated rings. The van der Waals surface area contributed by atoms with Crippen LogP contribution in [-0.4, -0.2) is 32.0 Å². The molecule has 0 radical (unpaired) electrons. The molecule has 0 saturated carbocycles. The largest absolute Gasteiger partial charge is 0.497 e. The number of hydrogen-bond donors (Lipinski definition) is 2. The summed E-state index contributed by atoms with van der Waals surface area (Å²) in [6.45, 7) is 2.47. The average Bonchev–Trinajstić information content (AvgIpc) is 2.75. The topological polar surface area (TPSA) is 53.6 Å². The maximum Gasteiger partial charge on any atom is 0.255 e. The minimum Gasteiger partial charge on any atom is -0.497 e. The zero-order valence-electron chi connectivity index (χ0n) is 17.8. The Balaban J connectivity index is 1.51. The Morgan fingerprint density at radius 1 is 0.867 bits per heavy atom. The van der Waals surface area contributed by atoms with Crippen LogP contribution in [0.15, 0.2) is 72.8 Å². The summed E-state index contributed by atoms with van der Waals surface area (Å²) >= 11 is 0. The van der Waals surface area contributed by atoms with E-state index in [9.17, 15) is 4.79 Å². The van der Waals surface area contributed by atoms with Crippen molar-refractivity contribution in [1.82, 2.24) is 10.2 Å². The van der Waals surface area contributed by atoms with Crippen molar-refractivity contribution >= 4 is 11.6 Å². The summed E-state index contributed by atoms with van der Waals surface area (Å²) in [5.41, 5.74) is 5.05. The quantitative estimate of drug-likeness (QED) is 0.559. The van der Waals surface area contributed by atoms with E-state index in [1.54, 1.807) is 31.4 Å². The van der Waals surface area contributed by atoms with Gasteiger partial charge >= 0.3 is 0 Å². The van der Waals surface area contributed by atoms with E-state index in [2.05, 4.69) is 60.0 Å². The van der Waals surface area contributed by atoms with Crippen LogP contribution in [0.25, 0.3) is 0 Å². The van der Waals surface area contributed by atoms with Crippen LogP contribution in [0.4, 0.5) is 5.69 Å². The number of amides is 1. The van der Waals surface area contributed by atoms with Gasteiger partial charge in [-0.25, -0.2) is 0 Å². The molecule has 0 aliphatic carbocycles. The zero-order valence-corrected chi connectivity index (χ0v) is 17.8. The van der Waals surface area contributed by atoms with Crippen LogP contribution < -0.4 is 15.4 Å². The summed E-state index contributed by atoms with van der Waals surface area (Å²) < 4.78 is 5.13. The van der Waals surface area contributed by atoms with E-state index in [4.69, 9.17) is 4.74 Å². The predicted molar refractivity (Wildman–Crippen MR) is 122 cm³/mol. The lowest BCUT2D eigenvalue weighted by atomic mass is 10.1. The summed E-state index contributed by atoms with van der Waals surface area (Å²) in [5, 5.41) is 6.42. The number of rotatable bonds is 9. The van der Waals surface area contributed by atoms with Gasteiger partial charge in [0, 0.05) is 30.9 Å². The van der Waals surface area contributed by atoms with Crippen molar-refractivity contribution in [2.45, 2.75) is 19.6 Å². The highest BCUT2D eigenvalue weighted by molar-refractivity contribution is 6.04. The molecule has 0 saturated heterocycles. The molecule has 30 heavy (non-hydrogen) atoms. The van der Waals surface area contributed by atoms with Crippen molar-refractivity contribution in [1.29, 1.82) is 0 Å². The minimum atomic E-state index is -0.138. The second kappa shape index (κ2) is 10.6. The summed E-state index contributed by atoms with van der Waals surface area (Å²) in [6.07, 6.45) is 0. The third kappa shape index (κ3) is 6.44. The van der Waals surface area contributed by atoms with E-state index in [1.165, 1.54) is 11.1 Å². The number of nitrogens with zero attached hydrogens (tertiary/aromatic N) is 1. The first-order chi connectivity index (χ1) is 14.5. The standard InChI is InChI=1S/C25H29N3O2/c1-28(2)18-20-9-7-19(8-10-20)16-26-17-21-5-4-6-23(15-21)27-25(29)22-11-13-24(30-3)14-12-22/h4-15,26H,16-18H2,1-3H3,(H,27,29). The molecule has 0 unspecified atom stereocenters. The molecule has 3 aromatic rings. The molecule has 3 rings (SSSR count). The maximum absolute atomic E-state index is 12.4. The van der Waals surface area contributed by atoms with Gasteiger partial charge in [0.15, 0.2) is 0 Å². The highest BCUT2D eigenvalue weighted by Gasteiger charge is 2.07. The molecule has 5 nitrogen and oxygen atoms in total. The van der Waals surface area contributed by atoms with E-state index in [1.807, 2.05) is 18.2 Å². The summed E-state index contributed by atoms with van der Waals surface area (Å²) in [5.74, 6) is 0.590. The molecule has 0 aromatic heterocycles. The van der Waals surface area contributed by atoms with E-state index in [0.29, 0.717) is 5.56 Å². The first-order valence-corrected chi connectivity index (χ1v) is 10.0. The highest BCUT2D eigenvalue weighted by atomic mass is 16.5. The molecule has 3 aromatic carbocycles. The van der Waals surface area contributed by atoms with Gasteiger partial charge in [-0.3, -0.25) is 4.79 Å². The van der Waals surface area contributed by atoms with Crippen LogP contribution >= 0.6 is 0 Å². The van der Waals surface area contributed by atoms with Gasteiger partial charge in [0.25, 0.3) is 5.91 Å². The van der Waals surface area contributed by atoms with Gasteiger partial charge in [-0.1, -0.05) is 36.4 Å². The minimum absolute atomic E-state index is 0.138. The summed E-state index contributed by atoms with van der Waals surface area (Å²) in [4.78, 5) is 14.6. The third-order valence-electron chi connectivity index (χ3n) is 4.72. The molecule has 5 heteroatoms. The van der Waals surface area contributed by atoms with E-state index >= 15 is 0 Å². The van der Waals surface area contributed by atoms with Crippen LogP contribution in [0.1, 0.15) is 27.0 Å². The van der Waals surface area contributed by atoms with Gasteiger partial charge in [-0.05, 0) is 67.2 Å². The molecule has 0 heterocycles. The van der Waals surface area contributed by atoms with Gasteiger partial charge < -0.3 is 20.3 Å². The summed E-state index contributed by atoms with van der Waals surface area (Å²) in [7, 11) is 5.75. The zero-order chi connectivity index (χ0) is 21.3. The fourth-order valence-corrected chi connectivity index (χ4v) is 3.18. The Morgan fingerprint density at radius 3 is 2.20 bits per heavy atom. The third-order valence-corrected chi connectivity index (χ3v) is 4.72. The number of ether oxygens (including phenoxy) is 1. The number of benzene rings is 3. The van der Waals surface area contributed by atoms with Gasteiger partial charge in [0.05, 0.1) is 7.11 Å². The molecule has 0 bridgehead atoms. The van der Waals surface area contributed by atoms with Crippen molar-refractivity contribution in [3.05, 3.63) is 95.1 Å². The second-order valence-corrected chi connectivity index (χ2v) is 7.54. The second-order valence-electron chi connectivity index (χ2n) is 7.54. The van der Waals surface area contributed by atoms with Gasteiger partial charge in [0.2, 0.25) is 0 Å². The fourth-order valence-electron chi connectivity index (χ4n) is 3.18. The normalized spacial score (nSPS) is 10.8. The molecule has 0 aliphatic heterocycles. The van der Waals surface area contributed by atoms with Crippen molar-refractivity contribution < 1.29 is 9.53 Å². The predicted octanol–water partition coefficient (Wildman–Crippen LogP) is 4.30. The fraction of sp³-hybridized carbons (Fsp3) is 0.240. The van der Waals surface area contributed by atoms with Crippen molar-refractivity contribution in [2.75, 3.05) is 26.5 Å². The number of hydrogen-bond acceptors (Lipinski definition) is 4. The van der Waals surface area contributed by atoms with Crippen molar-refractivity contribution in [3.8, 4) is 5.75 Å². The van der Waals surface area contributed by atoms with Crippen LogP contribution in [-0.2, 0) is 19.6 Å². The molecular formula is C25H29N3O2. The summed E-state index contributed by atoms with van der Waals surface area (Å²) in [6, 6.07) is 23.6. The number of nitrogens with one attached hydrogen (secondary N) is 2. The number of carbonyl (C=O) groups is 1. The first kappa shape index (κ1) is 21.6. The van der Waals surface area contributed by atoms with E-state index in [-0.39, 0.29) is 5.91 Å². The molecule has 156 valence electrons. The van der Waals surface area contributed by atoms with Crippen molar-refractivity contribution in [3.63, 3.8) is 0 Å². The van der Waals surface area contributed by atoms with Crippen molar-refractivity contribution in [2.24, 2.45) is 0 Å². The molecular weight excluding hydrogens is 374 g/mol. The van der Waals surface area contributed by atoms with Crippen LogP contribution in [0.2, 0.25) is 0 Å². The van der Waals surface area contributed by atoms with Gasteiger partial charge in [0.1, 0.15) is 5.75 Å². The Morgan fingerprint density at radius 2 is 1.53 bits per heavy atom. The van der Waals surface area contributed by atoms with Crippen LogP contribution in [0.3, 0.4) is 0 Å². The lowest BCUT2D eigenvalue weighted by molar-refractivity contribution is 0.102. The Kier molecular flexibility index (Phi) is 7.60. The van der Waals surface area contributed by atoms with E-state index < -0.39 is 0 Å². The lowest BCUT2D eigenvalue weighted by Gasteiger charge is -2.11. The lowest BCUT2D eigenvalue weighted by Crippen LogP contribution is -2.14. The molecule has 1 amide bonds. The molecule has 0 atom stereocenters. The van der Waals surface area contributed by atoms with E-state index in [0.717, 1.165) is 36.6 Å². The SMILES string of the molecule is COc1ccc(C(=O)Nc2cccc(CNCc3ccc(CN(C)C)cc3)c2)cc1. The van der Waals surface area contributed by atoms with Crippen LogP contribution in [0, 0.1) is 0 Å². The molecule has 2 N–H and O–H groups in total. The number of anilines is 1. The van der Waals surface area contributed by atoms with Crippen LogP contribution in [0.5, 0.6) is 5.75 Å². The number of carbonyl (C=O) groups excluding carboxylic acids is 1. The monoisotopic (exact) mass is 403 g/mol. The first-order valence-electron chi connectivity index (χ1n) is 10.0.